The van der Waals surface area contributed by atoms with Crippen LogP contribution in [0.15, 0.2) is 18.3 Å². The Labute approximate surface area is 162 Å². The van der Waals surface area contributed by atoms with Gasteiger partial charge in [0.05, 0.1) is 5.56 Å². The highest BCUT2D eigenvalue weighted by Crippen LogP contribution is 2.17. The van der Waals surface area contributed by atoms with E-state index in [-0.39, 0.29) is 11.9 Å². The smallest absolute Gasteiger partial charge is 0.407 e. The number of pyridine rings is 1. The normalized spacial score (nSPS) is 15.4. The van der Waals surface area contributed by atoms with E-state index in [9.17, 15) is 9.59 Å². The first-order valence-corrected chi connectivity index (χ1v) is 9.73. The molecule has 2 rings (SSSR count). The molecule has 0 radical (unpaired) electrons. The number of aromatic nitrogens is 1. The molecule has 1 aliphatic heterocycles. The third kappa shape index (κ3) is 6.12. The highest BCUT2D eigenvalue weighted by Gasteiger charge is 2.26. The number of nitrogens with one attached hydrogen (secondary N) is 1. The van der Waals surface area contributed by atoms with Gasteiger partial charge in [0, 0.05) is 38.4 Å². The minimum Gasteiger partial charge on any atom is -0.444 e. The predicted molar refractivity (Wildman–Crippen MR) is 106 cm³/mol. The molecule has 27 heavy (non-hydrogen) atoms. The van der Waals surface area contributed by atoms with Crippen LogP contribution in [0.25, 0.3) is 0 Å². The maximum absolute atomic E-state index is 12.7. The summed E-state index contributed by atoms with van der Waals surface area (Å²) in [5.74, 6) is 0.876. The van der Waals surface area contributed by atoms with Crippen molar-refractivity contribution < 1.29 is 14.3 Å². The molecular formula is C20H32N4O3. The molecule has 0 unspecified atom stereocenters. The number of anilines is 1. The van der Waals surface area contributed by atoms with Crippen molar-refractivity contribution in [2.24, 2.45) is 0 Å². The Morgan fingerprint density at radius 3 is 2.33 bits per heavy atom. The van der Waals surface area contributed by atoms with Gasteiger partial charge in [0.1, 0.15) is 11.4 Å². The monoisotopic (exact) mass is 376 g/mol. The molecule has 1 N–H and O–H groups in total. The van der Waals surface area contributed by atoms with Crippen molar-refractivity contribution in [1.29, 1.82) is 0 Å². The molecule has 2 amide bonds. The molecule has 0 aromatic carbocycles. The van der Waals surface area contributed by atoms with Crippen LogP contribution in [0.3, 0.4) is 0 Å². The molecular weight excluding hydrogens is 344 g/mol. The Hall–Kier alpha value is -2.31. The fourth-order valence-electron chi connectivity index (χ4n) is 3.13. The van der Waals surface area contributed by atoms with Gasteiger partial charge in [-0.15, -0.1) is 0 Å². The Kier molecular flexibility index (Phi) is 7.05. The number of carbonyl (C=O) groups is 2. The summed E-state index contributed by atoms with van der Waals surface area (Å²) in [6.45, 7) is 12.7. The van der Waals surface area contributed by atoms with Crippen molar-refractivity contribution >= 4 is 17.8 Å². The van der Waals surface area contributed by atoms with Crippen molar-refractivity contribution in [3.05, 3.63) is 23.9 Å². The maximum atomic E-state index is 12.7. The van der Waals surface area contributed by atoms with Gasteiger partial charge < -0.3 is 19.9 Å². The molecule has 1 fully saturated rings. The minimum absolute atomic E-state index is 0.00989. The number of nitrogens with zero attached hydrogens (tertiary/aromatic N) is 3. The fourth-order valence-corrected chi connectivity index (χ4v) is 3.13. The van der Waals surface area contributed by atoms with Crippen molar-refractivity contribution in [1.82, 2.24) is 15.2 Å². The summed E-state index contributed by atoms with van der Waals surface area (Å²) in [4.78, 5) is 33.0. The van der Waals surface area contributed by atoms with Gasteiger partial charge in [0.25, 0.3) is 5.91 Å². The van der Waals surface area contributed by atoms with E-state index in [4.69, 9.17) is 4.74 Å². The highest BCUT2D eigenvalue weighted by molar-refractivity contribution is 5.94. The van der Waals surface area contributed by atoms with Gasteiger partial charge in [-0.1, -0.05) is 0 Å². The van der Waals surface area contributed by atoms with Crippen LogP contribution in [-0.2, 0) is 4.74 Å². The van der Waals surface area contributed by atoms with Crippen LogP contribution < -0.4 is 10.2 Å². The Bertz CT molecular complexity index is 628. The second kappa shape index (κ2) is 9.06. The number of piperidine rings is 1. The lowest BCUT2D eigenvalue weighted by Gasteiger charge is -2.33. The average molecular weight is 377 g/mol. The molecule has 1 aliphatic rings. The molecule has 7 heteroatoms. The van der Waals surface area contributed by atoms with Crippen LogP contribution in [0.5, 0.6) is 0 Å². The quantitative estimate of drug-likeness (QED) is 0.855. The molecule has 150 valence electrons. The van der Waals surface area contributed by atoms with Crippen LogP contribution in [-0.4, -0.2) is 59.7 Å². The van der Waals surface area contributed by atoms with Crippen LogP contribution in [0, 0.1) is 0 Å². The topological polar surface area (TPSA) is 74.8 Å². The third-order valence-corrected chi connectivity index (χ3v) is 4.59. The Balaban J connectivity index is 1.86. The molecule has 7 nitrogen and oxygen atoms in total. The van der Waals surface area contributed by atoms with Crippen LogP contribution in [0.1, 0.15) is 57.8 Å². The summed E-state index contributed by atoms with van der Waals surface area (Å²) in [5, 5.41) is 2.89. The standard InChI is InChI=1S/C20H32N4O3/c1-6-23(7-2)17-9-8-15(14-21-17)18(25)24-12-10-16(11-13-24)22-19(26)27-20(3,4)5/h8-9,14,16H,6-7,10-13H2,1-5H3,(H,22,26). The van der Waals surface area contributed by atoms with Crippen LogP contribution in [0.2, 0.25) is 0 Å². The summed E-state index contributed by atoms with van der Waals surface area (Å²) in [7, 11) is 0. The number of hydrogen-bond acceptors (Lipinski definition) is 5. The summed E-state index contributed by atoms with van der Waals surface area (Å²) >= 11 is 0. The van der Waals surface area contributed by atoms with E-state index in [1.54, 1.807) is 6.20 Å². The number of alkyl carbamates (subject to hydrolysis) is 1. The maximum Gasteiger partial charge on any atom is 0.407 e. The molecule has 2 heterocycles. The average Bonchev–Trinajstić information content (AvgIpc) is 2.62. The SMILES string of the molecule is CCN(CC)c1ccc(C(=O)N2CCC(NC(=O)OC(C)(C)C)CC2)cn1. The number of ether oxygens (including phenoxy) is 1. The molecule has 1 aromatic rings. The van der Waals surface area contributed by atoms with E-state index in [1.165, 1.54) is 0 Å². The lowest BCUT2D eigenvalue weighted by atomic mass is 10.0. The zero-order chi connectivity index (χ0) is 20.0. The fraction of sp³-hybridized carbons (Fsp3) is 0.650. The predicted octanol–water partition coefficient (Wildman–Crippen LogP) is 3.06. The van der Waals surface area contributed by atoms with Crippen LogP contribution >= 0.6 is 0 Å². The molecule has 0 atom stereocenters. The highest BCUT2D eigenvalue weighted by atomic mass is 16.6. The zero-order valence-corrected chi connectivity index (χ0v) is 17.1. The van der Waals surface area contributed by atoms with Gasteiger partial charge >= 0.3 is 6.09 Å². The van der Waals surface area contributed by atoms with Crippen molar-refractivity contribution in [2.75, 3.05) is 31.1 Å². The number of amides is 2. The second-order valence-corrected chi connectivity index (χ2v) is 7.79. The number of likely N-dealkylation sites (tertiary alicyclic amines) is 1. The molecule has 0 saturated carbocycles. The van der Waals surface area contributed by atoms with Gasteiger partial charge in [0.2, 0.25) is 0 Å². The van der Waals surface area contributed by atoms with E-state index in [0.29, 0.717) is 18.7 Å². The first kappa shape index (κ1) is 21.0. The summed E-state index contributed by atoms with van der Waals surface area (Å²) < 4.78 is 5.29. The molecule has 1 aromatic heterocycles. The zero-order valence-electron chi connectivity index (χ0n) is 17.1. The number of carbonyl (C=O) groups excluding carboxylic acids is 2. The summed E-state index contributed by atoms with van der Waals surface area (Å²) in [5.41, 5.74) is 0.0925. The third-order valence-electron chi connectivity index (χ3n) is 4.59. The molecule has 0 bridgehead atoms. The number of hydrogen-bond donors (Lipinski definition) is 1. The van der Waals surface area contributed by atoms with E-state index < -0.39 is 11.7 Å². The molecule has 0 spiro atoms. The summed E-state index contributed by atoms with van der Waals surface area (Å²) in [6.07, 6.45) is 2.69. The van der Waals surface area contributed by atoms with Gasteiger partial charge in [-0.3, -0.25) is 4.79 Å². The van der Waals surface area contributed by atoms with Gasteiger partial charge in [0.15, 0.2) is 0 Å². The lowest BCUT2D eigenvalue weighted by Crippen LogP contribution is -2.47. The number of rotatable bonds is 5. The molecule has 1 saturated heterocycles. The molecule has 0 aliphatic carbocycles. The van der Waals surface area contributed by atoms with Crippen molar-refractivity contribution in [3.63, 3.8) is 0 Å². The second-order valence-electron chi connectivity index (χ2n) is 7.79. The first-order valence-electron chi connectivity index (χ1n) is 9.73. The Morgan fingerprint density at radius 1 is 1.22 bits per heavy atom. The van der Waals surface area contributed by atoms with E-state index in [2.05, 4.69) is 29.0 Å². The minimum atomic E-state index is -0.509. The van der Waals surface area contributed by atoms with Crippen LogP contribution in [0.4, 0.5) is 10.6 Å². The van der Waals surface area contributed by atoms with E-state index >= 15 is 0 Å². The van der Waals surface area contributed by atoms with Crippen molar-refractivity contribution in [2.45, 2.75) is 59.1 Å². The first-order chi connectivity index (χ1) is 12.7. The van der Waals surface area contributed by atoms with E-state index in [0.717, 1.165) is 31.7 Å². The van der Waals surface area contributed by atoms with Crippen molar-refractivity contribution in [3.8, 4) is 0 Å². The van der Waals surface area contributed by atoms with E-state index in [1.807, 2.05) is 37.8 Å². The van der Waals surface area contributed by atoms with Gasteiger partial charge in [-0.05, 0) is 59.6 Å². The van der Waals surface area contributed by atoms with Gasteiger partial charge in [-0.2, -0.15) is 0 Å². The van der Waals surface area contributed by atoms with Gasteiger partial charge in [-0.25, -0.2) is 9.78 Å². The Morgan fingerprint density at radius 2 is 1.85 bits per heavy atom. The summed E-state index contributed by atoms with van der Waals surface area (Å²) in [6, 6.07) is 3.78. The largest absolute Gasteiger partial charge is 0.444 e. The lowest BCUT2D eigenvalue weighted by molar-refractivity contribution is 0.0473.